The summed E-state index contributed by atoms with van der Waals surface area (Å²) in [6, 6.07) is 2.84. The number of likely N-dealkylation sites (tertiary alicyclic amines) is 1. The van der Waals surface area contributed by atoms with Gasteiger partial charge in [-0.3, -0.25) is 4.79 Å². The van der Waals surface area contributed by atoms with Gasteiger partial charge in [-0.05, 0) is 38.9 Å². The fourth-order valence-corrected chi connectivity index (χ4v) is 4.39. The number of hydrogen-bond donors (Lipinski definition) is 2. The van der Waals surface area contributed by atoms with E-state index in [0.29, 0.717) is 19.2 Å². The molecule has 1 aliphatic heterocycles. The molecule has 6 nitrogen and oxygen atoms in total. The Morgan fingerprint density at radius 3 is 2.52 bits per heavy atom. The van der Waals surface area contributed by atoms with Crippen molar-refractivity contribution in [2.24, 2.45) is 0 Å². The average Bonchev–Trinajstić information content (AvgIpc) is 2.60. The zero-order chi connectivity index (χ0) is 19.5. The van der Waals surface area contributed by atoms with Crippen molar-refractivity contribution in [1.29, 1.82) is 0 Å². The summed E-state index contributed by atoms with van der Waals surface area (Å²) in [5, 5.41) is 3.07. The van der Waals surface area contributed by atoms with Crippen LogP contribution >= 0.6 is 12.4 Å². The molecule has 0 aliphatic carbocycles. The predicted molar refractivity (Wildman–Crippen MR) is 97.1 cm³/mol. The van der Waals surface area contributed by atoms with Crippen LogP contribution in [0.15, 0.2) is 29.2 Å². The van der Waals surface area contributed by atoms with Crippen molar-refractivity contribution in [2.75, 3.05) is 20.1 Å². The van der Waals surface area contributed by atoms with Crippen molar-refractivity contribution < 1.29 is 26.4 Å². The van der Waals surface area contributed by atoms with Gasteiger partial charge in [-0.25, -0.2) is 8.42 Å². The molecule has 2 N–H and O–H groups in total. The molecule has 1 fully saturated rings. The highest BCUT2D eigenvalue weighted by atomic mass is 35.5. The van der Waals surface area contributed by atoms with Crippen LogP contribution in [-0.2, 0) is 21.0 Å². The van der Waals surface area contributed by atoms with E-state index in [9.17, 15) is 26.4 Å². The highest BCUT2D eigenvalue weighted by Gasteiger charge is 2.38. The topological polar surface area (TPSA) is 78.5 Å². The van der Waals surface area contributed by atoms with Crippen molar-refractivity contribution in [3.63, 3.8) is 0 Å². The van der Waals surface area contributed by atoms with Gasteiger partial charge in [0.15, 0.2) is 0 Å². The molecule has 2 atom stereocenters. The Hall–Kier alpha value is -1.36. The van der Waals surface area contributed by atoms with Crippen molar-refractivity contribution in [2.45, 2.75) is 42.9 Å². The number of amides is 1. The van der Waals surface area contributed by atoms with Crippen LogP contribution in [0.1, 0.15) is 25.3 Å². The molecule has 1 amide bonds. The molecule has 1 aromatic carbocycles. The van der Waals surface area contributed by atoms with E-state index in [1.165, 1.54) is 17.9 Å². The Kier molecular flexibility index (Phi) is 8.09. The lowest BCUT2D eigenvalue weighted by atomic mass is 10.1. The van der Waals surface area contributed by atoms with Crippen molar-refractivity contribution in [3.05, 3.63) is 29.8 Å². The first kappa shape index (κ1) is 23.7. The van der Waals surface area contributed by atoms with Crippen LogP contribution in [0, 0.1) is 0 Å². The first-order valence-corrected chi connectivity index (χ1v) is 9.69. The molecule has 0 saturated carbocycles. The number of sulfonamides is 1. The van der Waals surface area contributed by atoms with Gasteiger partial charge in [0, 0.05) is 19.1 Å². The van der Waals surface area contributed by atoms with Gasteiger partial charge in [0.05, 0.1) is 16.5 Å². The second kappa shape index (κ2) is 9.22. The van der Waals surface area contributed by atoms with Crippen LogP contribution in [0.3, 0.4) is 0 Å². The highest BCUT2D eigenvalue weighted by molar-refractivity contribution is 7.89. The number of likely N-dealkylation sites (N-methyl/N-ethyl adjacent to an activating group) is 1. The van der Waals surface area contributed by atoms with E-state index < -0.39 is 38.6 Å². The molecular formula is C16H23ClF3N3O3S. The van der Waals surface area contributed by atoms with Crippen LogP contribution in [0.2, 0.25) is 0 Å². The number of nitrogens with zero attached hydrogens (tertiary/aromatic N) is 1. The Labute approximate surface area is 163 Å². The van der Waals surface area contributed by atoms with E-state index in [2.05, 4.69) is 10.0 Å². The SMILES string of the molecule is CNC1CCCN(C(=O)C(C)NS(=O)(=O)c2ccccc2C(F)(F)F)C1.Cl. The molecule has 0 aromatic heterocycles. The van der Waals surface area contributed by atoms with Crippen LogP contribution in [0.5, 0.6) is 0 Å². The third-order valence-electron chi connectivity index (χ3n) is 4.33. The quantitative estimate of drug-likeness (QED) is 0.750. The monoisotopic (exact) mass is 429 g/mol. The Morgan fingerprint density at radius 2 is 1.93 bits per heavy atom. The third kappa shape index (κ3) is 5.81. The zero-order valence-corrected chi connectivity index (χ0v) is 16.5. The van der Waals surface area contributed by atoms with Crippen LogP contribution in [-0.4, -0.2) is 51.4 Å². The molecule has 1 heterocycles. The summed E-state index contributed by atoms with van der Waals surface area (Å²) < 4.78 is 66.1. The first-order chi connectivity index (χ1) is 12.1. The summed E-state index contributed by atoms with van der Waals surface area (Å²) in [7, 11) is -2.73. The van der Waals surface area contributed by atoms with E-state index in [0.717, 1.165) is 25.0 Å². The second-order valence-electron chi connectivity index (χ2n) is 6.25. The number of hydrogen-bond acceptors (Lipinski definition) is 4. The molecule has 1 aliphatic rings. The second-order valence-corrected chi connectivity index (χ2v) is 7.93. The zero-order valence-electron chi connectivity index (χ0n) is 14.9. The van der Waals surface area contributed by atoms with Crippen LogP contribution < -0.4 is 10.0 Å². The summed E-state index contributed by atoms with van der Waals surface area (Å²) in [6.07, 6.45) is -3.14. The molecule has 0 spiro atoms. The minimum absolute atomic E-state index is 0. The molecule has 0 bridgehead atoms. The third-order valence-corrected chi connectivity index (χ3v) is 5.92. The first-order valence-electron chi connectivity index (χ1n) is 8.21. The van der Waals surface area contributed by atoms with E-state index in [1.807, 2.05) is 0 Å². The number of halogens is 4. The Balaban J connectivity index is 0.00000364. The molecule has 2 rings (SSSR count). The summed E-state index contributed by atoms with van der Waals surface area (Å²) in [5.41, 5.74) is -1.26. The fraction of sp³-hybridized carbons (Fsp3) is 0.562. The molecule has 0 radical (unpaired) electrons. The minimum atomic E-state index is -4.81. The average molecular weight is 430 g/mol. The molecule has 1 saturated heterocycles. The minimum Gasteiger partial charge on any atom is -0.340 e. The predicted octanol–water partition coefficient (Wildman–Crippen LogP) is 2.00. The highest BCUT2D eigenvalue weighted by Crippen LogP contribution is 2.33. The molecule has 11 heteroatoms. The number of benzene rings is 1. The smallest absolute Gasteiger partial charge is 0.340 e. The lowest BCUT2D eigenvalue weighted by Crippen LogP contribution is -2.53. The number of alkyl halides is 3. The number of rotatable bonds is 5. The maximum Gasteiger partial charge on any atom is 0.417 e. The lowest BCUT2D eigenvalue weighted by molar-refractivity contribution is -0.139. The lowest BCUT2D eigenvalue weighted by Gasteiger charge is -2.34. The van der Waals surface area contributed by atoms with Gasteiger partial charge in [-0.2, -0.15) is 17.9 Å². The van der Waals surface area contributed by atoms with E-state index >= 15 is 0 Å². The van der Waals surface area contributed by atoms with Gasteiger partial charge in [0.1, 0.15) is 0 Å². The van der Waals surface area contributed by atoms with Gasteiger partial charge in [0.2, 0.25) is 15.9 Å². The van der Waals surface area contributed by atoms with Gasteiger partial charge in [-0.15, -0.1) is 12.4 Å². The van der Waals surface area contributed by atoms with Gasteiger partial charge < -0.3 is 10.2 Å². The van der Waals surface area contributed by atoms with E-state index in [1.54, 1.807) is 7.05 Å². The number of nitrogens with one attached hydrogen (secondary N) is 2. The molecule has 154 valence electrons. The van der Waals surface area contributed by atoms with E-state index in [-0.39, 0.29) is 18.4 Å². The molecular weight excluding hydrogens is 407 g/mol. The summed E-state index contributed by atoms with van der Waals surface area (Å²) in [5.74, 6) is -0.460. The number of carbonyl (C=O) groups is 1. The Morgan fingerprint density at radius 1 is 1.30 bits per heavy atom. The maximum atomic E-state index is 13.1. The summed E-state index contributed by atoms with van der Waals surface area (Å²) in [4.78, 5) is 13.1. The van der Waals surface area contributed by atoms with Gasteiger partial charge >= 0.3 is 6.18 Å². The maximum absolute atomic E-state index is 13.1. The van der Waals surface area contributed by atoms with E-state index in [4.69, 9.17) is 0 Å². The summed E-state index contributed by atoms with van der Waals surface area (Å²) >= 11 is 0. The standard InChI is InChI=1S/C16H22F3N3O3S.ClH/c1-11(15(23)22-9-5-6-12(10-22)20-2)21-26(24,25)14-8-4-3-7-13(14)16(17,18)19;/h3-4,7-8,11-12,20-21H,5-6,9-10H2,1-2H3;1H. The molecule has 2 unspecified atom stereocenters. The number of piperidine rings is 1. The number of carbonyl (C=O) groups excluding carboxylic acids is 1. The van der Waals surface area contributed by atoms with Crippen molar-refractivity contribution in [3.8, 4) is 0 Å². The van der Waals surface area contributed by atoms with Gasteiger partial charge in [0.25, 0.3) is 0 Å². The normalized spacial score (nSPS) is 19.3. The Bertz CT molecular complexity index is 759. The molecule has 27 heavy (non-hydrogen) atoms. The molecule has 1 aromatic rings. The summed E-state index contributed by atoms with van der Waals surface area (Å²) in [6.45, 7) is 2.25. The van der Waals surface area contributed by atoms with Gasteiger partial charge in [-0.1, -0.05) is 12.1 Å². The van der Waals surface area contributed by atoms with Crippen molar-refractivity contribution in [1.82, 2.24) is 14.9 Å². The fourth-order valence-electron chi connectivity index (χ4n) is 2.97. The van der Waals surface area contributed by atoms with Crippen molar-refractivity contribution >= 4 is 28.3 Å². The van der Waals surface area contributed by atoms with Crippen LogP contribution in [0.25, 0.3) is 0 Å². The van der Waals surface area contributed by atoms with Crippen LogP contribution in [0.4, 0.5) is 13.2 Å². The largest absolute Gasteiger partial charge is 0.417 e.